The number of hydrogen-bond acceptors (Lipinski definition) is 3. The van der Waals surface area contributed by atoms with Gasteiger partial charge >= 0.3 is 0 Å². The number of halogens is 1. The molecule has 0 saturated heterocycles. The van der Waals surface area contributed by atoms with Crippen LogP contribution >= 0.6 is 0 Å². The van der Waals surface area contributed by atoms with Crippen molar-refractivity contribution < 1.29 is 14.3 Å². The number of amides is 1. The Morgan fingerprint density at radius 2 is 2.11 bits per heavy atom. The van der Waals surface area contributed by atoms with Gasteiger partial charge in [-0.15, -0.1) is 0 Å². The highest BCUT2D eigenvalue weighted by Crippen LogP contribution is 2.19. The van der Waals surface area contributed by atoms with Crippen LogP contribution in [0.4, 0.5) is 10.1 Å². The molecule has 1 amide bonds. The summed E-state index contributed by atoms with van der Waals surface area (Å²) in [5.41, 5.74) is 5.79. The highest BCUT2D eigenvalue weighted by Gasteiger charge is 2.25. The van der Waals surface area contributed by atoms with Crippen molar-refractivity contribution in [3.05, 3.63) is 29.6 Å². The first-order valence-corrected chi connectivity index (χ1v) is 6.12. The molecule has 1 saturated carbocycles. The summed E-state index contributed by atoms with van der Waals surface area (Å²) in [4.78, 5) is 11.9. The van der Waals surface area contributed by atoms with Crippen LogP contribution in [0.3, 0.4) is 0 Å². The fourth-order valence-electron chi connectivity index (χ4n) is 2.24. The van der Waals surface area contributed by atoms with Gasteiger partial charge in [0.15, 0.2) is 0 Å². The minimum absolute atomic E-state index is 0.0761. The smallest absolute Gasteiger partial charge is 0.254 e. The zero-order valence-corrected chi connectivity index (χ0v) is 10.0. The average molecular weight is 252 g/mol. The molecule has 1 aromatic carbocycles. The summed E-state index contributed by atoms with van der Waals surface area (Å²) in [6, 6.07) is 3.58. The lowest BCUT2D eigenvalue weighted by Gasteiger charge is -2.28. The molecule has 2 rings (SSSR count). The second kappa shape index (κ2) is 5.35. The number of aliphatic hydroxyl groups is 1. The molecule has 18 heavy (non-hydrogen) atoms. The molecule has 1 aromatic rings. The number of aliphatic hydroxyl groups excluding tert-OH is 1. The van der Waals surface area contributed by atoms with Gasteiger partial charge in [0.05, 0.1) is 17.7 Å². The molecule has 4 N–H and O–H groups in total. The Labute approximate surface area is 105 Å². The van der Waals surface area contributed by atoms with Crippen molar-refractivity contribution in [1.29, 1.82) is 0 Å². The van der Waals surface area contributed by atoms with Crippen LogP contribution in [0.5, 0.6) is 0 Å². The molecule has 0 radical (unpaired) electrons. The van der Waals surface area contributed by atoms with Gasteiger partial charge in [0, 0.05) is 5.69 Å². The summed E-state index contributed by atoms with van der Waals surface area (Å²) in [7, 11) is 0. The second-order valence-electron chi connectivity index (χ2n) is 4.67. The van der Waals surface area contributed by atoms with Crippen LogP contribution in [0.25, 0.3) is 0 Å². The molecular weight excluding hydrogens is 235 g/mol. The first kappa shape index (κ1) is 12.8. The fraction of sp³-hybridized carbons (Fsp3) is 0.462. The molecule has 98 valence electrons. The average Bonchev–Trinajstić information content (AvgIpc) is 2.35. The first-order valence-electron chi connectivity index (χ1n) is 6.12. The van der Waals surface area contributed by atoms with E-state index in [1.165, 1.54) is 18.2 Å². The van der Waals surface area contributed by atoms with E-state index in [9.17, 15) is 14.3 Å². The lowest BCUT2D eigenvalue weighted by atomic mass is 9.92. The fourth-order valence-corrected chi connectivity index (χ4v) is 2.24. The van der Waals surface area contributed by atoms with Crippen LogP contribution in [-0.2, 0) is 0 Å². The van der Waals surface area contributed by atoms with Gasteiger partial charge in [-0.2, -0.15) is 0 Å². The molecule has 0 heterocycles. The van der Waals surface area contributed by atoms with Gasteiger partial charge in [-0.1, -0.05) is 12.8 Å². The van der Waals surface area contributed by atoms with E-state index in [1.54, 1.807) is 0 Å². The summed E-state index contributed by atoms with van der Waals surface area (Å²) >= 11 is 0. The van der Waals surface area contributed by atoms with Crippen molar-refractivity contribution in [2.75, 3.05) is 5.73 Å². The summed E-state index contributed by atoms with van der Waals surface area (Å²) < 4.78 is 13.5. The van der Waals surface area contributed by atoms with Crippen molar-refractivity contribution >= 4 is 11.6 Å². The van der Waals surface area contributed by atoms with E-state index in [2.05, 4.69) is 5.32 Å². The van der Waals surface area contributed by atoms with E-state index in [0.29, 0.717) is 12.1 Å². The molecule has 0 spiro atoms. The minimum atomic E-state index is -0.605. The SMILES string of the molecule is Nc1ccc(F)c(C(=O)N[C@@H]2CCCC[C@H]2O)c1. The van der Waals surface area contributed by atoms with Crippen LogP contribution < -0.4 is 11.1 Å². The van der Waals surface area contributed by atoms with E-state index >= 15 is 0 Å². The third-order valence-electron chi connectivity index (χ3n) is 3.28. The molecule has 4 nitrogen and oxygen atoms in total. The zero-order valence-electron chi connectivity index (χ0n) is 10.0. The van der Waals surface area contributed by atoms with E-state index < -0.39 is 17.8 Å². The number of nitrogen functional groups attached to an aromatic ring is 1. The molecule has 0 aromatic heterocycles. The van der Waals surface area contributed by atoms with Gasteiger partial charge < -0.3 is 16.2 Å². The normalized spacial score (nSPS) is 23.7. The predicted octanol–water partition coefficient (Wildman–Crippen LogP) is 1.44. The number of rotatable bonds is 2. The van der Waals surface area contributed by atoms with E-state index in [4.69, 9.17) is 5.73 Å². The molecule has 1 fully saturated rings. The van der Waals surface area contributed by atoms with Crippen molar-refractivity contribution in [3.8, 4) is 0 Å². The number of nitrogens with one attached hydrogen (secondary N) is 1. The lowest BCUT2D eigenvalue weighted by molar-refractivity contribution is 0.0714. The van der Waals surface area contributed by atoms with Crippen LogP contribution in [0.15, 0.2) is 18.2 Å². The minimum Gasteiger partial charge on any atom is -0.399 e. The van der Waals surface area contributed by atoms with Crippen molar-refractivity contribution in [3.63, 3.8) is 0 Å². The molecule has 0 bridgehead atoms. The van der Waals surface area contributed by atoms with E-state index in [1.807, 2.05) is 0 Å². The molecule has 5 heteroatoms. The summed E-state index contributed by atoms with van der Waals surface area (Å²) in [5.74, 6) is -1.13. The first-order chi connectivity index (χ1) is 8.58. The van der Waals surface area contributed by atoms with Gasteiger partial charge in [0.25, 0.3) is 5.91 Å². The standard InChI is InChI=1S/C13H17FN2O2/c14-10-6-5-8(15)7-9(10)13(18)16-11-3-1-2-4-12(11)17/h5-7,11-12,17H,1-4,15H2,(H,16,18)/t11-,12-/m1/s1. The van der Waals surface area contributed by atoms with Gasteiger partial charge in [0.1, 0.15) is 5.82 Å². The highest BCUT2D eigenvalue weighted by molar-refractivity contribution is 5.95. The molecule has 1 aliphatic carbocycles. The molecule has 2 atom stereocenters. The van der Waals surface area contributed by atoms with Crippen molar-refractivity contribution in [2.45, 2.75) is 37.8 Å². The molecule has 1 aliphatic rings. The lowest BCUT2D eigenvalue weighted by Crippen LogP contribution is -2.45. The molecule has 0 aliphatic heterocycles. The van der Waals surface area contributed by atoms with Crippen LogP contribution in [0.2, 0.25) is 0 Å². The maximum absolute atomic E-state index is 13.5. The Morgan fingerprint density at radius 1 is 1.39 bits per heavy atom. The van der Waals surface area contributed by atoms with Crippen LogP contribution in [-0.4, -0.2) is 23.2 Å². The summed E-state index contributed by atoms with van der Waals surface area (Å²) in [6.07, 6.45) is 2.76. The Morgan fingerprint density at radius 3 is 2.83 bits per heavy atom. The second-order valence-corrected chi connectivity index (χ2v) is 4.67. The maximum atomic E-state index is 13.5. The summed E-state index contributed by atoms with van der Waals surface area (Å²) in [5, 5.41) is 12.4. The molecule has 0 unspecified atom stereocenters. The number of carbonyl (C=O) groups excluding carboxylic acids is 1. The number of hydrogen-bond donors (Lipinski definition) is 3. The Kier molecular flexibility index (Phi) is 3.81. The van der Waals surface area contributed by atoms with Crippen molar-refractivity contribution in [2.24, 2.45) is 0 Å². The van der Waals surface area contributed by atoms with Gasteiger partial charge in [-0.25, -0.2) is 4.39 Å². The number of benzene rings is 1. The monoisotopic (exact) mass is 252 g/mol. The topological polar surface area (TPSA) is 75.4 Å². The third kappa shape index (κ3) is 2.79. The summed E-state index contributed by atoms with van der Waals surface area (Å²) in [6.45, 7) is 0. The Hall–Kier alpha value is -1.62. The zero-order chi connectivity index (χ0) is 13.1. The van der Waals surface area contributed by atoms with Gasteiger partial charge in [0.2, 0.25) is 0 Å². The van der Waals surface area contributed by atoms with Crippen LogP contribution in [0.1, 0.15) is 36.0 Å². The predicted molar refractivity (Wildman–Crippen MR) is 66.5 cm³/mol. The van der Waals surface area contributed by atoms with Gasteiger partial charge in [-0.3, -0.25) is 4.79 Å². The number of carbonyl (C=O) groups is 1. The number of anilines is 1. The quantitative estimate of drug-likeness (QED) is 0.697. The van der Waals surface area contributed by atoms with E-state index in [0.717, 1.165) is 19.3 Å². The Bertz CT molecular complexity index is 451. The molecular formula is C13H17FN2O2. The Balaban J connectivity index is 2.09. The largest absolute Gasteiger partial charge is 0.399 e. The van der Waals surface area contributed by atoms with Gasteiger partial charge in [-0.05, 0) is 31.0 Å². The van der Waals surface area contributed by atoms with Crippen molar-refractivity contribution in [1.82, 2.24) is 5.32 Å². The van der Waals surface area contributed by atoms with Crippen LogP contribution in [0, 0.1) is 5.82 Å². The number of nitrogens with two attached hydrogens (primary N) is 1. The highest BCUT2D eigenvalue weighted by atomic mass is 19.1. The maximum Gasteiger partial charge on any atom is 0.254 e. The third-order valence-corrected chi connectivity index (χ3v) is 3.28. The van der Waals surface area contributed by atoms with E-state index in [-0.39, 0.29) is 11.6 Å².